The highest BCUT2D eigenvalue weighted by atomic mass is 32.2. The predicted octanol–water partition coefficient (Wildman–Crippen LogP) is 2.07. The molecule has 0 saturated heterocycles. The van der Waals surface area contributed by atoms with E-state index in [9.17, 15) is 9.59 Å². The van der Waals surface area contributed by atoms with Crippen molar-refractivity contribution >= 4 is 23.5 Å². The number of benzene rings is 1. The van der Waals surface area contributed by atoms with Crippen molar-refractivity contribution in [1.82, 2.24) is 0 Å². The summed E-state index contributed by atoms with van der Waals surface area (Å²) in [7, 11) is 0. The quantitative estimate of drug-likeness (QED) is 0.832. The van der Waals surface area contributed by atoms with Crippen LogP contribution in [0.2, 0.25) is 0 Å². The largest absolute Gasteiger partial charge is 0.481 e. The maximum atomic E-state index is 11.9. The molecule has 1 aromatic carbocycles. The van der Waals surface area contributed by atoms with Crippen LogP contribution in [0, 0.1) is 5.92 Å². The van der Waals surface area contributed by atoms with Gasteiger partial charge in [0.1, 0.15) is 0 Å². The Balaban J connectivity index is 2.26. The van der Waals surface area contributed by atoms with Crippen molar-refractivity contribution in [1.29, 1.82) is 0 Å². The molecule has 1 aromatic rings. The number of carboxylic acid groups (broad SMARTS) is 1. The van der Waals surface area contributed by atoms with Crippen LogP contribution in [0.1, 0.15) is 16.8 Å². The second kappa shape index (κ2) is 4.06. The monoisotopic (exact) mass is 222 g/mol. The number of hydrogen-bond donors (Lipinski definition) is 1. The Morgan fingerprint density at radius 1 is 1.47 bits per heavy atom. The van der Waals surface area contributed by atoms with Crippen LogP contribution in [-0.4, -0.2) is 22.6 Å². The zero-order chi connectivity index (χ0) is 10.8. The van der Waals surface area contributed by atoms with Gasteiger partial charge >= 0.3 is 5.97 Å². The number of rotatable bonds is 2. The van der Waals surface area contributed by atoms with E-state index in [1.54, 1.807) is 23.9 Å². The van der Waals surface area contributed by atoms with E-state index in [2.05, 4.69) is 0 Å². The van der Waals surface area contributed by atoms with E-state index in [4.69, 9.17) is 5.11 Å². The Hall–Kier alpha value is -1.29. The number of carbonyl (C=O) groups excluding carboxylic acids is 1. The minimum absolute atomic E-state index is 0.0354. The van der Waals surface area contributed by atoms with Gasteiger partial charge in [-0.2, -0.15) is 0 Å². The molecule has 1 atom stereocenters. The molecule has 0 fully saturated rings. The van der Waals surface area contributed by atoms with Crippen molar-refractivity contribution in [3.05, 3.63) is 29.8 Å². The molecular formula is C11H10O3S. The average molecular weight is 222 g/mol. The summed E-state index contributed by atoms with van der Waals surface area (Å²) in [6, 6.07) is 7.35. The topological polar surface area (TPSA) is 54.4 Å². The van der Waals surface area contributed by atoms with Gasteiger partial charge in [0.25, 0.3) is 0 Å². The average Bonchev–Trinajstić information content (AvgIpc) is 2.22. The van der Waals surface area contributed by atoms with Crippen LogP contribution in [0.4, 0.5) is 0 Å². The molecule has 1 aliphatic heterocycles. The Labute approximate surface area is 91.5 Å². The molecule has 15 heavy (non-hydrogen) atoms. The van der Waals surface area contributed by atoms with Gasteiger partial charge in [-0.05, 0) is 6.07 Å². The third-order valence-corrected chi connectivity index (χ3v) is 3.62. The smallest absolute Gasteiger partial charge is 0.304 e. The Bertz CT molecular complexity index is 414. The Kier molecular flexibility index (Phi) is 2.77. The SMILES string of the molecule is O=C(O)CC1CSc2ccccc2C1=O. The highest BCUT2D eigenvalue weighted by Gasteiger charge is 2.29. The number of hydrogen-bond acceptors (Lipinski definition) is 3. The van der Waals surface area contributed by atoms with Gasteiger partial charge in [0.2, 0.25) is 0 Å². The zero-order valence-corrected chi connectivity index (χ0v) is 8.79. The normalized spacial score (nSPS) is 19.7. The molecule has 0 amide bonds. The summed E-state index contributed by atoms with van der Waals surface area (Å²) in [4.78, 5) is 23.4. The van der Waals surface area contributed by atoms with Gasteiger partial charge in [0.05, 0.1) is 6.42 Å². The molecule has 0 aliphatic carbocycles. The molecule has 2 rings (SSSR count). The lowest BCUT2D eigenvalue weighted by molar-refractivity contribution is -0.137. The first-order valence-electron chi connectivity index (χ1n) is 4.66. The number of Topliss-reactive ketones (excluding diaryl/α,β-unsaturated/α-hetero) is 1. The lowest BCUT2D eigenvalue weighted by Crippen LogP contribution is -2.24. The standard InChI is InChI=1S/C11H10O3S/c12-10(13)5-7-6-15-9-4-2-1-3-8(9)11(7)14/h1-4,7H,5-6H2,(H,12,13). The first-order valence-corrected chi connectivity index (χ1v) is 5.65. The van der Waals surface area contributed by atoms with Crippen molar-refractivity contribution in [2.24, 2.45) is 5.92 Å². The lowest BCUT2D eigenvalue weighted by atomic mass is 9.96. The summed E-state index contributed by atoms with van der Waals surface area (Å²) in [6.07, 6.45) is -0.0693. The molecule has 1 aliphatic rings. The van der Waals surface area contributed by atoms with Gasteiger partial charge in [-0.25, -0.2) is 0 Å². The molecule has 4 heteroatoms. The van der Waals surface area contributed by atoms with E-state index < -0.39 is 5.97 Å². The summed E-state index contributed by atoms with van der Waals surface area (Å²) in [5.74, 6) is -0.746. The van der Waals surface area contributed by atoms with Gasteiger partial charge in [-0.3, -0.25) is 9.59 Å². The maximum Gasteiger partial charge on any atom is 0.304 e. The van der Waals surface area contributed by atoms with Crippen LogP contribution in [-0.2, 0) is 4.79 Å². The van der Waals surface area contributed by atoms with Crippen molar-refractivity contribution in [3.63, 3.8) is 0 Å². The second-order valence-electron chi connectivity index (χ2n) is 3.47. The summed E-state index contributed by atoms with van der Waals surface area (Å²) in [5, 5.41) is 8.67. The first-order chi connectivity index (χ1) is 7.18. The molecule has 0 radical (unpaired) electrons. The van der Waals surface area contributed by atoms with Gasteiger partial charge in [0, 0.05) is 22.1 Å². The van der Waals surface area contributed by atoms with Crippen molar-refractivity contribution < 1.29 is 14.7 Å². The fourth-order valence-corrected chi connectivity index (χ4v) is 2.79. The van der Waals surface area contributed by atoms with Crippen LogP contribution in [0.3, 0.4) is 0 Å². The highest BCUT2D eigenvalue weighted by molar-refractivity contribution is 7.99. The second-order valence-corrected chi connectivity index (χ2v) is 4.53. The van der Waals surface area contributed by atoms with Gasteiger partial charge in [-0.1, -0.05) is 18.2 Å². The number of carbonyl (C=O) groups is 2. The Morgan fingerprint density at radius 3 is 2.93 bits per heavy atom. The molecular weight excluding hydrogens is 212 g/mol. The predicted molar refractivity (Wildman–Crippen MR) is 57.2 cm³/mol. The molecule has 0 spiro atoms. The molecule has 0 aromatic heterocycles. The van der Waals surface area contributed by atoms with E-state index in [-0.39, 0.29) is 18.1 Å². The van der Waals surface area contributed by atoms with E-state index in [0.29, 0.717) is 11.3 Å². The van der Waals surface area contributed by atoms with Gasteiger partial charge < -0.3 is 5.11 Å². The van der Waals surface area contributed by atoms with Gasteiger partial charge in [-0.15, -0.1) is 11.8 Å². The molecule has 1 unspecified atom stereocenters. The van der Waals surface area contributed by atoms with Crippen LogP contribution in [0.5, 0.6) is 0 Å². The number of ketones is 1. The van der Waals surface area contributed by atoms with E-state index in [1.165, 1.54) is 0 Å². The van der Waals surface area contributed by atoms with E-state index in [0.717, 1.165) is 4.90 Å². The number of thioether (sulfide) groups is 1. The Morgan fingerprint density at radius 2 is 2.20 bits per heavy atom. The van der Waals surface area contributed by atoms with Gasteiger partial charge in [0.15, 0.2) is 5.78 Å². The van der Waals surface area contributed by atoms with Crippen LogP contribution >= 0.6 is 11.8 Å². The third kappa shape index (κ3) is 2.04. The molecule has 1 heterocycles. The van der Waals surface area contributed by atoms with Crippen molar-refractivity contribution in [3.8, 4) is 0 Å². The van der Waals surface area contributed by atoms with Crippen LogP contribution in [0.25, 0.3) is 0 Å². The third-order valence-electron chi connectivity index (χ3n) is 2.38. The highest BCUT2D eigenvalue weighted by Crippen LogP contribution is 2.33. The molecule has 0 saturated carbocycles. The molecule has 3 nitrogen and oxygen atoms in total. The number of carboxylic acids is 1. The minimum Gasteiger partial charge on any atom is -0.481 e. The van der Waals surface area contributed by atoms with Crippen LogP contribution in [0.15, 0.2) is 29.2 Å². The number of fused-ring (bicyclic) bond motifs is 1. The molecule has 1 N–H and O–H groups in total. The van der Waals surface area contributed by atoms with Crippen LogP contribution < -0.4 is 0 Å². The minimum atomic E-state index is -0.909. The lowest BCUT2D eigenvalue weighted by Gasteiger charge is -2.21. The van der Waals surface area contributed by atoms with E-state index in [1.807, 2.05) is 12.1 Å². The fraction of sp³-hybridized carbons (Fsp3) is 0.273. The van der Waals surface area contributed by atoms with E-state index >= 15 is 0 Å². The summed E-state index contributed by atoms with van der Waals surface area (Å²) in [5.41, 5.74) is 0.667. The maximum absolute atomic E-state index is 11.9. The first kappa shape index (κ1) is 10.2. The summed E-state index contributed by atoms with van der Waals surface area (Å²) < 4.78 is 0. The summed E-state index contributed by atoms with van der Waals surface area (Å²) >= 11 is 1.56. The van der Waals surface area contributed by atoms with Crippen molar-refractivity contribution in [2.45, 2.75) is 11.3 Å². The zero-order valence-electron chi connectivity index (χ0n) is 7.97. The molecule has 78 valence electrons. The fourth-order valence-electron chi connectivity index (χ4n) is 1.64. The van der Waals surface area contributed by atoms with Crippen molar-refractivity contribution in [2.75, 3.05) is 5.75 Å². The molecule has 0 bridgehead atoms. The summed E-state index contributed by atoms with van der Waals surface area (Å²) in [6.45, 7) is 0. The number of aliphatic carboxylic acids is 1.